The van der Waals surface area contributed by atoms with Gasteiger partial charge in [-0.25, -0.2) is 0 Å². The normalized spacial score (nSPS) is 12.4. The fourth-order valence-corrected chi connectivity index (χ4v) is 1.64. The second kappa shape index (κ2) is 5.77. The van der Waals surface area contributed by atoms with Gasteiger partial charge in [0.2, 0.25) is 0 Å². The molecule has 5 nitrogen and oxygen atoms in total. The van der Waals surface area contributed by atoms with Gasteiger partial charge in [0.15, 0.2) is 0 Å². The van der Waals surface area contributed by atoms with Crippen molar-refractivity contribution < 1.29 is 4.92 Å². The van der Waals surface area contributed by atoms with Gasteiger partial charge in [-0.3, -0.25) is 15.1 Å². The van der Waals surface area contributed by atoms with Gasteiger partial charge in [0.25, 0.3) is 5.69 Å². The van der Waals surface area contributed by atoms with E-state index in [0.717, 1.165) is 6.54 Å². The number of aromatic nitrogens is 1. The molecular weight excluding hydrogens is 230 g/mol. The summed E-state index contributed by atoms with van der Waals surface area (Å²) >= 11 is 5.68. The number of likely N-dealkylation sites (N-methyl/N-ethyl adjacent to an activating group) is 1. The first-order valence-electron chi connectivity index (χ1n) is 5.06. The summed E-state index contributed by atoms with van der Waals surface area (Å²) in [6, 6.07) is 1.49. The molecule has 0 aromatic carbocycles. The zero-order valence-electron chi connectivity index (χ0n) is 9.24. The molecule has 0 aliphatic carbocycles. The monoisotopic (exact) mass is 243 g/mol. The Morgan fingerprint density at radius 2 is 2.38 bits per heavy atom. The summed E-state index contributed by atoms with van der Waals surface area (Å²) in [4.78, 5) is 14.4. The Hall–Kier alpha value is -1.20. The van der Waals surface area contributed by atoms with Gasteiger partial charge < -0.3 is 5.32 Å². The molecule has 1 aromatic heterocycles. The van der Waals surface area contributed by atoms with Crippen LogP contribution in [0.5, 0.6) is 0 Å². The maximum Gasteiger partial charge on any atom is 0.292 e. The number of rotatable bonds is 5. The first kappa shape index (κ1) is 12.9. The van der Waals surface area contributed by atoms with Gasteiger partial charge >= 0.3 is 0 Å². The molecule has 0 aliphatic heterocycles. The lowest BCUT2D eigenvalue weighted by Gasteiger charge is -2.11. The van der Waals surface area contributed by atoms with Crippen LogP contribution in [0, 0.1) is 10.1 Å². The fourth-order valence-electron chi connectivity index (χ4n) is 1.48. The first-order chi connectivity index (χ1) is 7.54. The highest BCUT2D eigenvalue weighted by atomic mass is 35.5. The molecule has 0 radical (unpaired) electrons. The molecular formula is C10H14ClN3O2. The molecule has 0 fully saturated rings. The van der Waals surface area contributed by atoms with Crippen molar-refractivity contribution in [3.05, 3.63) is 33.1 Å². The molecule has 0 bridgehead atoms. The highest BCUT2D eigenvalue weighted by Gasteiger charge is 2.17. The van der Waals surface area contributed by atoms with Gasteiger partial charge in [-0.15, -0.1) is 0 Å². The lowest BCUT2D eigenvalue weighted by molar-refractivity contribution is -0.385. The number of hydrogen-bond acceptors (Lipinski definition) is 4. The van der Waals surface area contributed by atoms with Crippen molar-refractivity contribution in [3.63, 3.8) is 0 Å². The summed E-state index contributed by atoms with van der Waals surface area (Å²) in [5.41, 5.74) is 0.445. The maximum absolute atomic E-state index is 10.8. The van der Waals surface area contributed by atoms with Crippen molar-refractivity contribution in [3.8, 4) is 0 Å². The van der Waals surface area contributed by atoms with Crippen molar-refractivity contribution in [2.24, 2.45) is 0 Å². The van der Waals surface area contributed by atoms with E-state index in [2.05, 4.69) is 10.3 Å². The number of halogens is 1. The molecule has 1 N–H and O–H groups in total. The van der Waals surface area contributed by atoms with Crippen LogP contribution >= 0.6 is 11.6 Å². The van der Waals surface area contributed by atoms with E-state index in [1.54, 1.807) is 0 Å². The average Bonchev–Trinajstić information content (AvgIpc) is 2.20. The predicted octanol–water partition coefficient (Wildman–Crippen LogP) is 2.18. The SMILES string of the molecule is CCNC(C)Cc1ncc(Cl)cc1[N+](=O)[O-]. The lowest BCUT2D eigenvalue weighted by atomic mass is 10.1. The molecule has 1 rings (SSSR count). The second-order valence-electron chi connectivity index (χ2n) is 3.54. The minimum Gasteiger partial charge on any atom is -0.314 e. The van der Waals surface area contributed by atoms with Crippen molar-refractivity contribution in [2.45, 2.75) is 26.3 Å². The minimum atomic E-state index is -0.452. The van der Waals surface area contributed by atoms with Crippen molar-refractivity contribution in [1.82, 2.24) is 10.3 Å². The van der Waals surface area contributed by atoms with E-state index in [-0.39, 0.29) is 16.8 Å². The van der Waals surface area contributed by atoms with Crippen LogP contribution in [0.2, 0.25) is 5.02 Å². The van der Waals surface area contributed by atoms with Crippen LogP contribution in [0.15, 0.2) is 12.3 Å². The van der Waals surface area contributed by atoms with Crippen molar-refractivity contribution in [1.29, 1.82) is 0 Å². The van der Waals surface area contributed by atoms with E-state index >= 15 is 0 Å². The van der Waals surface area contributed by atoms with Gasteiger partial charge in [-0.1, -0.05) is 18.5 Å². The van der Waals surface area contributed by atoms with Gasteiger partial charge in [0, 0.05) is 24.7 Å². The Morgan fingerprint density at radius 1 is 1.69 bits per heavy atom. The van der Waals surface area contributed by atoms with Crippen LogP contribution in [0.4, 0.5) is 5.69 Å². The van der Waals surface area contributed by atoms with Crippen molar-refractivity contribution in [2.75, 3.05) is 6.54 Å². The Morgan fingerprint density at radius 3 is 2.94 bits per heavy atom. The van der Waals surface area contributed by atoms with E-state index in [1.807, 2.05) is 13.8 Å². The smallest absolute Gasteiger partial charge is 0.292 e. The summed E-state index contributed by atoms with van der Waals surface area (Å²) < 4.78 is 0. The summed E-state index contributed by atoms with van der Waals surface area (Å²) in [6.07, 6.45) is 1.95. The number of nitrogens with one attached hydrogen (secondary N) is 1. The van der Waals surface area contributed by atoms with Crippen LogP contribution in [0.1, 0.15) is 19.5 Å². The summed E-state index contributed by atoms with van der Waals surface area (Å²) in [5.74, 6) is 0. The van der Waals surface area contributed by atoms with Gasteiger partial charge in [0.1, 0.15) is 5.69 Å². The first-order valence-corrected chi connectivity index (χ1v) is 5.44. The molecule has 6 heteroatoms. The zero-order chi connectivity index (χ0) is 12.1. The van der Waals surface area contributed by atoms with E-state index in [4.69, 9.17) is 11.6 Å². The average molecular weight is 244 g/mol. The van der Waals surface area contributed by atoms with E-state index in [1.165, 1.54) is 12.3 Å². The molecule has 1 heterocycles. The second-order valence-corrected chi connectivity index (χ2v) is 3.98. The number of nitro groups is 1. The molecule has 88 valence electrons. The molecule has 0 aliphatic rings. The fraction of sp³-hybridized carbons (Fsp3) is 0.500. The molecule has 0 saturated carbocycles. The molecule has 1 unspecified atom stereocenters. The molecule has 0 saturated heterocycles. The quantitative estimate of drug-likeness (QED) is 0.636. The Bertz CT molecular complexity index is 384. The third kappa shape index (κ3) is 3.43. The van der Waals surface area contributed by atoms with Crippen LogP contribution < -0.4 is 5.32 Å². The topological polar surface area (TPSA) is 68.1 Å². The number of nitrogens with zero attached hydrogens (tertiary/aromatic N) is 2. The van der Waals surface area contributed by atoms with E-state index in [0.29, 0.717) is 12.1 Å². The van der Waals surface area contributed by atoms with Crippen LogP contribution in [0.25, 0.3) is 0 Å². The summed E-state index contributed by atoms with van der Waals surface area (Å²) in [6.45, 7) is 4.77. The number of pyridine rings is 1. The van der Waals surface area contributed by atoms with E-state index < -0.39 is 4.92 Å². The highest BCUT2D eigenvalue weighted by Crippen LogP contribution is 2.21. The van der Waals surface area contributed by atoms with Crippen LogP contribution in [0.3, 0.4) is 0 Å². The Kier molecular flexibility index (Phi) is 4.64. The van der Waals surface area contributed by atoms with Gasteiger partial charge in [0.05, 0.1) is 9.95 Å². The van der Waals surface area contributed by atoms with Gasteiger partial charge in [-0.05, 0) is 13.5 Å². The predicted molar refractivity (Wildman–Crippen MR) is 62.7 cm³/mol. The standard InChI is InChI=1S/C10H14ClN3O2/c1-3-12-7(2)4-9-10(14(15)16)5-8(11)6-13-9/h5-7,12H,3-4H2,1-2H3. The largest absolute Gasteiger partial charge is 0.314 e. The number of hydrogen-bond donors (Lipinski definition) is 1. The zero-order valence-corrected chi connectivity index (χ0v) is 9.99. The van der Waals surface area contributed by atoms with E-state index in [9.17, 15) is 10.1 Å². The summed E-state index contributed by atoms with van der Waals surface area (Å²) in [5, 5.41) is 14.3. The Balaban J connectivity index is 2.90. The van der Waals surface area contributed by atoms with Crippen molar-refractivity contribution >= 4 is 17.3 Å². The molecule has 1 atom stereocenters. The lowest BCUT2D eigenvalue weighted by Crippen LogP contribution is -2.28. The maximum atomic E-state index is 10.8. The minimum absolute atomic E-state index is 0.0164. The van der Waals surface area contributed by atoms with Crippen LogP contribution in [-0.2, 0) is 6.42 Å². The van der Waals surface area contributed by atoms with Crippen LogP contribution in [-0.4, -0.2) is 22.5 Å². The highest BCUT2D eigenvalue weighted by molar-refractivity contribution is 6.30. The van der Waals surface area contributed by atoms with Gasteiger partial charge in [-0.2, -0.15) is 0 Å². The molecule has 0 amide bonds. The molecule has 16 heavy (non-hydrogen) atoms. The molecule has 1 aromatic rings. The molecule has 0 spiro atoms. The third-order valence-corrected chi connectivity index (χ3v) is 2.37. The Labute approximate surface area is 99.0 Å². The summed E-state index contributed by atoms with van der Waals surface area (Å²) in [7, 11) is 0. The third-order valence-electron chi connectivity index (χ3n) is 2.16.